The Balaban J connectivity index is 2.32. The van der Waals surface area contributed by atoms with Crippen molar-refractivity contribution in [3.05, 3.63) is 0 Å². The lowest BCUT2D eigenvalue weighted by molar-refractivity contribution is -0.139. The molecule has 0 aromatic rings. The lowest BCUT2D eigenvalue weighted by Gasteiger charge is -2.16. The van der Waals surface area contributed by atoms with E-state index >= 15 is 0 Å². The van der Waals surface area contributed by atoms with Gasteiger partial charge in [-0.1, -0.05) is 0 Å². The topological polar surface area (TPSA) is 122 Å². The van der Waals surface area contributed by atoms with E-state index in [-0.39, 0.29) is 11.9 Å². The molecule has 7 nitrogen and oxygen atoms in total. The van der Waals surface area contributed by atoms with Crippen molar-refractivity contribution in [3.63, 3.8) is 0 Å². The molecule has 5 N–H and O–H groups in total. The van der Waals surface area contributed by atoms with Gasteiger partial charge >= 0.3 is 5.97 Å². The van der Waals surface area contributed by atoms with Gasteiger partial charge in [-0.3, -0.25) is 14.4 Å². The van der Waals surface area contributed by atoms with E-state index in [1.54, 1.807) is 0 Å². The molecule has 0 radical (unpaired) electrons. The largest absolute Gasteiger partial charge is 0.481 e. The van der Waals surface area contributed by atoms with Crippen LogP contribution in [0.2, 0.25) is 0 Å². The first-order chi connectivity index (χ1) is 7.90. The molecule has 2 unspecified atom stereocenters. The molecule has 0 aliphatic heterocycles. The van der Waals surface area contributed by atoms with Crippen LogP contribution in [-0.2, 0) is 14.4 Å². The molecule has 1 saturated carbocycles. The molecule has 1 aliphatic rings. The third kappa shape index (κ3) is 4.81. The molecular weight excluding hydrogens is 226 g/mol. The van der Waals surface area contributed by atoms with Crippen molar-refractivity contribution < 1.29 is 19.5 Å². The van der Waals surface area contributed by atoms with E-state index in [0.29, 0.717) is 0 Å². The van der Waals surface area contributed by atoms with Crippen LogP contribution in [0, 0.1) is 0 Å². The predicted octanol–water partition coefficient (Wildman–Crippen LogP) is -1.43. The molecule has 0 aromatic carbocycles. The summed E-state index contributed by atoms with van der Waals surface area (Å²) >= 11 is 0. The zero-order valence-electron chi connectivity index (χ0n) is 9.60. The molecule has 1 rings (SSSR count). The second-order valence-electron chi connectivity index (χ2n) is 4.22. The lowest BCUT2D eigenvalue weighted by atomic mass is 10.2. The quantitative estimate of drug-likeness (QED) is 0.455. The fourth-order valence-corrected chi connectivity index (χ4v) is 1.22. The normalized spacial score (nSPS) is 18.0. The smallest absolute Gasteiger partial charge is 0.305 e. The van der Waals surface area contributed by atoms with Gasteiger partial charge in [-0.2, -0.15) is 0 Å². The molecule has 1 aliphatic carbocycles. The number of amides is 2. The molecule has 0 saturated heterocycles. The summed E-state index contributed by atoms with van der Waals surface area (Å²) in [6.45, 7) is 1.53. The highest BCUT2D eigenvalue weighted by Gasteiger charge is 2.27. The van der Waals surface area contributed by atoms with Crippen LogP contribution in [0.4, 0.5) is 0 Å². The summed E-state index contributed by atoms with van der Waals surface area (Å²) in [6.07, 6.45) is 1.47. The molecule has 96 valence electrons. The van der Waals surface area contributed by atoms with Crippen LogP contribution in [0.1, 0.15) is 26.2 Å². The van der Waals surface area contributed by atoms with Gasteiger partial charge in [-0.15, -0.1) is 0 Å². The van der Waals surface area contributed by atoms with Crippen molar-refractivity contribution in [2.75, 3.05) is 0 Å². The number of hydrogen-bond donors (Lipinski definition) is 4. The van der Waals surface area contributed by atoms with Gasteiger partial charge in [-0.25, -0.2) is 0 Å². The van der Waals surface area contributed by atoms with Crippen molar-refractivity contribution in [2.24, 2.45) is 5.73 Å². The van der Waals surface area contributed by atoms with E-state index < -0.39 is 30.4 Å². The van der Waals surface area contributed by atoms with Crippen LogP contribution < -0.4 is 16.4 Å². The van der Waals surface area contributed by atoms with Gasteiger partial charge < -0.3 is 21.5 Å². The molecule has 0 heterocycles. The lowest BCUT2D eigenvalue weighted by Crippen LogP contribution is -2.51. The Bertz CT molecular complexity index is 328. The summed E-state index contributed by atoms with van der Waals surface area (Å²) in [4.78, 5) is 33.3. The minimum Gasteiger partial charge on any atom is -0.481 e. The van der Waals surface area contributed by atoms with Crippen molar-refractivity contribution in [1.82, 2.24) is 10.6 Å². The Morgan fingerprint density at radius 2 is 1.94 bits per heavy atom. The summed E-state index contributed by atoms with van der Waals surface area (Å²) in [5, 5.41) is 13.6. The molecule has 1 fully saturated rings. The zero-order chi connectivity index (χ0) is 13.0. The molecule has 0 aromatic heterocycles. The maximum atomic E-state index is 11.5. The number of nitrogens with one attached hydrogen (secondary N) is 2. The highest BCUT2D eigenvalue weighted by atomic mass is 16.4. The van der Waals surface area contributed by atoms with Gasteiger partial charge in [0.1, 0.15) is 6.04 Å². The first kappa shape index (κ1) is 13.4. The SMILES string of the molecule is CC(NC(=O)C(N)CC(=O)O)C(=O)NC1CC1. The van der Waals surface area contributed by atoms with E-state index in [0.717, 1.165) is 12.8 Å². The number of hydrogen-bond acceptors (Lipinski definition) is 4. The number of carbonyl (C=O) groups is 3. The summed E-state index contributed by atoms with van der Waals surface area (Å²) in [5.74, 6) is -2.06. The minimum absolute atomic E-state index is 0.217. The van der Waals surface area contributed by atoms with Crippen molar-refractivity contribution >= 4 is 17.8 Å². The molecule has 0 spiro atoms. The van der Waals surface area contributed by atoms with Crippen LogP contribution in [0.3, 0.4) is 0 Å². The molecule has 17 heavy (non-hydrogen) atoms. The highest BCUT2D eigenvalue weighted by Crippen LogP contribution is 2.18. The number of carbonyl (C=O) groups excluding carboxylic acids is 2. The third-order valence-electron chi connectivity index (χ3n) is 2.41. The standard InChI is InChI=1S/C10H17N3O4/c1-5(9(16)13-6-2-3-6)12-10(17)7(11)4-8(14)15/h5-7H,2-4,11H2,1H3,(H,12,17)(H,13,16)(H,14,15). The average molecular weight is 243 g/mol. The third-order valence-corrected chi connectivity index (χ3v) is 2.41. The summed E-state index contributed by atoms with van der Waals surface area (Å²) in [7, 11) is 0. The second kappa shape index (κ2) is 5.62. The molecule has 0 bridgehead atoms. The summed E-state index contributed by atoms with van der Waals surface area (Å²) in [5.41, 5.74) is 5.36. The average Bonchev–Trinajstić information content (AvgIpc) is 3.00. The van der Waals surface area contributed by atoms with Crippen LogP contribution in [0.5, 0.6) is 0 Å². The van der Waals surface area contributed by atoms with Crippen molar-refractivity contribution in [3.8, 4) is 0 Å². The number of aliphatic carboxylic acids is 1. The van der Waals surface area contributed by atoms with E-state index in [1.807, 2.05) is 0 Å². The molecule has 2 amide bonds. The van der Waals surface area contributed by atoms with Gasteiger partial charge in [-0.05, 0) is 19.8 Å². The number of rotatable bonds is 6. The minimum atomic E-state index is -1.15. The van der Waals surface area contributed by atoms with Crippen LogP contribution in [-0.4, -0.2) is 41.0 Å². The van der Waals surface area contributed by atoms with E-state index in [2.05, 4.69) is 10.6 Å². The van der Waals surface area contributed by atoms with Crippen LogP contribution in [0.25, 0.3) is 0 Å². The fourth-order valence-electron chi connectivity index (χ4n) is 1.22. The van der Waals surface area contributed by atoms with Crippen molar-refractivity contribution in [2.45, 2.75) is 44.3 Å². The van der Waals surface area contributed by atoms with Gasteiger partial charge in [0.2, 0.25) is 11.8 Å². The molecular formula is C10H17N3O4. The second-order valence-corrected chi connectivity index (χ2v) is 4.22. The maximum Gasteiger partial charge on any atom is 0.305 e. The highest BCUT2D eigenvalue weighted by molar-refractivity contribution is 5.91. The van der Waals surface area contributed by atoms with Crippen molar-refractivity contribution in [1.29, 1.82) is 0 Å². The summed E-state index contributed by atoms with van der Waals surface area (Å²) in [6, 6.07) is -1.62. The Kier molecular flexibility index (Phi) is 4.45. The Hall–Kier alpha value is -1.63. The van der Waals surface area contributed by atoms with Gasteiger partial charge in [0.05, 0.1) is 12.5 Å². The Labute approximate surface area is 98.7 Å². The first-order valence-corrected chi connectivity index (χ1v) is 5.48. The Morgan fingerprint density at radius 1 is 1.35 bits per heavy atom. The zero-order valence-corrected chi connectivity index (χ0v) is 9.60. The van der Waals surface area contributed by atoms with Gasteiger partial charge in [0, 0.05) is 6.04 Å². The number of carboxylic acids is 1. The van der Waals surface area contributed by atoms with E-state index in [4.69, 9.17) is 10.8 Å². The predicted molar refractivity (Wildman–Crippen MR) is 59.0 cm³/mol. The maximum absolute atomic E-state index is 11.5. The number of nitrogens with two attached hydrogens (primary N) is 1. The molecule has 2 atom stereocenters. The Morgan fingerprint density at radius 3 is 2.41 bits per heavy atom. The van der Waals surface area contributed by atoms with E-state index in [1.165, 1.54) is 6.92 Å². The van der Waals surface area contributed by atoms with E-state index in [9.17, 15) is 14.4 Å². The fraction of sp³-hybridized carbons (Fsp3) is 0.700. The molecule has 7 heteroatoms. The van der Waals surface area contributed by atoms with Gasteiger partial charge in [0.25, 0.3) is 0 Å². The van der Waals surface area contributed by atoms with Crippen LogP contribution >= 0.6 is 0 Å². The van der Waals surface area contributed by atoms with Gasteiger partial charge in [0.15, 0.2) is 0 Å². The van der Waals surface area contributed by atoms with Crippen LogP contribution in [0.15, 0.2) is 0 Å². The monoisotopic (exact) mass is 243 g/mol. The number of carboxylic acid groups (broad SMARTS) is 1. The first-order valence-electron chi connectivity index (χ1n) is 5.48. The summed E-state index contributed by atoms with van der Waals surface area (Å²) < 4.78 is 0.